The van der Waals surface area contributed by atoms with E-state index in [1.165, 1.54) is 11.1 Å². The van der Waals surface area contributed by atoms with Gasteiger partial charge in [0.25, 0.3) is 0 Å². The van der Waals surface area contributed by atoms with Gasteiger partial charge in [0.1, 0.15) is 0 Å². The average Bonchev–Trinajstić information content (AvgIpc) is 3.07. The molecule has 4 rings (SSSR count). The van der Waals surface area contributed by atoms with Crippen molar-refractivity contribution in [3.63, 3.8) is 0 Å². The molecule has 0 fully saturated rings. The molecule has 100 valence electrons. The molecule has 0 amide bonds. The molecule has 2 aromatic carbocycles. The molecule has 0 aromatic heterocycles. The molecule has 1 aliphatic heterocycles. The van der Waals surface area contributed by atoms with Crippen molar-refractivity contribution in [2.75, 3.05) is 6.54 Å². The molecule has 20 heavy (non-hydrogen) atoms. The monoisotopic (exact) mass is 282 g/mol. The van der Waals surface area contributed by atoms with Crippen LogP contribution in [-0.2, 0) is 11.8 Å². The highest BCUT2D eigenvalue weighted by atomic mass is 35.5. The van der Waals surface area contributed by atoms with Crippen LogP contribution in [0.2, 0.25) is 5.02 Å². The van der Waals surface area contributed by atoms with Crippen molar-refractivity contribution >= 4 is 17.3 Å². The summed E-state index contributed by atoms with van der Waals surface area (Å²) in [5.41, 5.74) is 8.45. The maximum absolute atomic E-state index is 6.00. The van der Waals surface area contributed by atoms with Crippen molar-refractivity contribution in [3.05, 3.63) is 70.2 Å². The number of hydrazone groups is 1. The lowest BCUT2D eigenvalue weighted by molar-refractivity contribution is 0.562. The van der Waals surface area contributed by atoms with Crippen molar-refractivity contribution in [2.24, 2.45) is 5.10 Å². The van der Waals surface area contributed by atoms with E-state index in [2.05, 4.69) is 46.9 Å². The number of nitrogens with zero attached hydrogens (tertiary/aromatic N) is 1. The van der Waals surface area contributed by atoms with Crippen LogP contribution in [0.1, 0.15) is 23.1 Å². The quantitative estimate of drug-likeness (QED) is 0.850. The predicted octanol–water partition coefficient (Wildman–Crippen LogP) is 3.53. The Morgan fingerprint density at radius 3 is 2.70 bits per heavy atom. The summed E-state index contributed by atoms with van der Waals surface area (Å²) in [5.74, 6) is 0. The minimum atomic E-state index is 0.0322. The molecule has 2 aliphatic rings. The second-order valence-corrected chi connectivity index (χ2v) is 5.98. The van der Waals surface area contributed by atoms with Crippen molar-refractivity contribution in [2.45, 2.75) is 18.3 Å². The van der Waals surface area contributed by atoms with Crippen molar-refractivity contribution in [3.8, 4) is 0 Å². The second-order valence-electron chi connectivity index (χ2n) is 5.54. The van der Waals surface area contributed by atoms with Gasteiger partial charge in [-0.05, 0) is 41.7 Å². The summed E-state index contributed by atoms with van der Waals surface area (Å²) in [4.78, 5) is 0. The normalized spacial score (nSPS) is 23.6. The Labute approximate surface area is 123 Å². The summed E-state index contributed by atoms with van der Waals surface area (Å²) < 4.78 is 0. The minimum absolute atomic E-state index is 0.0322. The van der Waals surface area contributed by atoms with E-state index in [0.717, 1.165) is 35.7 Å². The van der Waals surface area contributed by atoms with Crippen LogP contribution in [0.3, 0.4) is 0 Å². The van der Waals surface area contributed by atoms with E-state index in [4.69, 9.17) is 11.6 Å². The second kappa shape index (κ2) is 4.35. The van der Waals surface area contributed by atoms with Gasteiger partial charge in [-0.25, -0.2) is 0 Å². The minimum Gasteiger partial charge on any atom is -0.308 e. The van der Waals surface area contributed by atoms with E-state index < -0.39 is 0 Å². The Morgan fingerprint density at radius 2 is 1.85 bits per heavy atom. The van der Waals surface area contributed by atoms with Gasteiger partial charge in [-0.1, -0.05) is 48.0 Å². The van der Waals surface area contributed by atoms with Gasteiger partial charge in [0.05, 0.1) is 11.1 Å². The summed E-state index contributed by atoms with van der Waals surface area (Å²) in [6.45, 7) is 0.891. The predicted molar refractivity (Wildman–Crippen MR) is 82.4 cm³/mol. The SMILES string of the molecule is Clc1ccc(C2=NNCC23CCc2ccccc23)cc1. The number of hydrogen-bond acceptors (Lipinski definition) is 2. The Morgan fingerprint density at radius 1 is 1.05 bits per heavy atom. The zero-order valence-electron chi connectivity index (χ0n) is 11.1. The Bertz CT molecular complexity index is 690. The zero-order valence-corrected chi connectivity index (χ0v) is 11.8. The van der Waals surface area contributed by atoms with Gasteiger partial charge >= 0.3 is 0 Å². The first-order chi connectivity index (χ1) is 9.79. The van der Waals surface area contributed by atoms with Crippen LogP contribution in [0, 0.1) is 0 Å². The molecule has 2 aromatic rings. The number of aryl methyl sites for hydroxylation is 1. The van der Waals surface area contributed by atoms with Gasteiger partial charge < -0.3 is 5.43 Å². The van der Waals surface area contributed by atoms with Gasteiger partial charge in [0.2, 0.25) is 0 Å². The number of rotatable bonds is 1. The standard InChI is InChI=1S/C17H15ClN2/c18-14-7-5-13(6-8-14)16-17(11-19-20-16)10-9-12-3-1-2-4-15(12)17/h1-8,19H,9-11H2. The van der Waals surface area contributed by atoms with Crippen molar-refractivity contribution < 1.29 is 0 Å². The fraction of sp³-hybridized carbons (Fsp3) is 0.235. The van der Waals surface area contributed by atoms with Crippen LogP contribution in [0.15, 0.2) is 53.6 Å². The molecule has 1 aliphatic carbocycles. The van der Waals surface area contributed by atoms with Crippen LogP contribution >= 0.6 is 11.6 Å². The average molecular weight is 283 g/mol. The summed E-state index contributed by atoms with van der Waals surface area (Å²) >= 11 is 6.00. The smallest absolute Gasteiger partial charge is 0.0799 e. The Kier molecular flexibility index (Phi) is 2.61. The lowest BCUT2D eigenvalue weighted by Crippen LogP contribution is -2.35. The number of benzene rings is 2. The van der Waals surface area contributed by atoms with E-state index in [0.29, 0.717) is 0 Å². The van der Waals surface area contributed by atoms with Crippen LogP contribution in [0.5, 0.6) is 0 Å². The fourth-order valence-corrected chi connectivity index (χ4v) is 3.64. The molecule has 0 radical (unpaired) electrons. The molecule has 0 saturated carbocycles. The first-order valence-corrected chi connectivity index (χ1v) is 7.33. The molecule has 1 N–H and O–H groups in total. The number of halogens is 1. The molecule has 1 spiro atoms. The maximum Gasteiger partial charge on any atom is 0.0799 e. The lowest BCUT2D eigenvalue weighted by atomic mass is 9.75. The highest BCUT2D eigenvalue weighted by Gasteiger charge is 2.46. The van der Waals surface area contributed by atoms with Gasteiger partial charge in [0, 0.05) is 11.6 Å². The molecule has 2 nitrogen and oxygen atoms in total. The number of fused-ring (bicyclic) bond motifs is 2. The Balaban J connectivity index is 1.84. The first kappa shape index (κ1) is 12.0. The summed E-state index contributed by atoms with van der Waals surface area (Å²) in [7, 11) is 0. The van der Waals surface area contributed by atoms with Gasteiger partial charge in [-0.2, -0.15) is 5.10 Å². The zero-order chi connectivity index (χ0) is 13.6. The highest BCUT2D eigenvalue weighted by Crippen LogP contribution is 2.43. The third kappa shape index (κ3) is 1.61. The van der Waals surface area contributed by atoms with E-state index in [1.807, 2.05) is 12.1 Å². The van der Waals surface area contributed by atoms with E-state index in [1.54, 1.807) is 0 Å². The Hall–Kier alpha value is -1.80. The highest BCUT2D eigenvalue weighted by molar-refractivity contribution is 6.30. The third-order valence-corrected chi connectivity index (χ3v) is 4.75. The first-order valence-electron chi connectivity index (χ1n) is 6.95. The summed E-state index contributed by atoms with van der Waals surface area (Å²) in [5, 5.41) is 5.36. The van der Waals surface area contributed by atoms with Crippen molar-refractivity contribution in [1.29, 1.82) is 0 Å². The van der Waals surface area contributed by atoms with E-state index >= 15 is 0 Å². The van der Waals surface area contributed by atoms with Crippen LogP contribution in [0.4, 0.5) is 0 Å². The molecule has 1 heterocycles. The van der Waals surface area contributed by atoms with Gasteiger partial charge in [-0.3, -0.25) is 0 Å². The molecule has 0 saturated heterocycles. The topological polar surface area (TPSA) is 24.4 Å². The van der Waals surface area contributed by atoms with Crippen LogP contribution in [0.25, 0.3) is 0 Å². The number of nitrogens with one attached hydrogen (secondary N) is 1. The van der Waals surface area contributed by atoms with Crippen molar-refractivity contribution in [1.82, 2.24) is 5.43 Å². The molecule has 1 atom stereocenters. The van der Waals surface area contributed by atoms with Gasteiger partial charge in [0.15, 0.2) is 0 Å². The third-order valence-electron chi connectivity index (χ3n) is 4.50. The van der Waals surface area contributed by atoms with Crippen LogP contribution < -0.4 is 5.43 Å². The number of hydrogen-bond donors (Lipinski definition) is 1. The van der Waals surface area contributed by atoms with Crippen LogP contribution in [-0.4, -0.2) is 12.3 Å². The molecular formula is C17H15ClN2. The molecule has 1 unspecified atom stereocenters. The summed E-state index contributed by atoms with van der Waals surface area (Å²) in [6.07, 6.45) is 2.26. The molecular weight excluding hydrogens is 268 g/mol. The lowest BCUT2D eigenvalue weighted by Gasteiger charge is -2.26. The van der Waals surface area contributed by atoms with E-state index in [9.17, 15) is 0 Å². The van der Waals surface area contributed by atoms with Gasteiger partial charge in [-0.15, -0.1) is 0 Å². The molecule has 0 bridgehead atoms. The fourth-order valence-electron chi connectivity index (χ4n) is 3.51. The summed E-state index contributed by atoms with van der Waals surface area (Å²) in [6, 6.07) is 16.7. The largest absolute Gasteiger partial charge is 0.308 e. The molecule has 3 heteroatoms. The van der Waals surface area contributed by atoms with E-state index in [-0.39, 0.29) is 5.41 Å². The maximum atomic E-state index is 6.00.